The molecule has 1 aliphatic rings. The van der Waals surface area contributed by atoms with E-state index < -0.39 is 0 Å². The molecule has 1 saturated heterocycles. The first-order valence-corrected chi connectivity index (χ1v) is 7.48. The van der Waals surface area contributed by atoms with Crippen LogP contribution in [0.25, 0.3) is 11.4 Å². The van der Waals surface area contributed by atoms with E-state index in [1.165, 1.54) is 0 Å². The van der Waals surface area contributed by atoms with Gasteiger partial charge in [0, 0.05) is 12.8 Å². The molecule has 2 aromatic heterocycles. The van der Waals surface area contributed by atoms with Crippen molar-refractivity contribution < 1.29 is 4.74 Å². The average molecular weight is 296 g/mol. The van der Waals surface area contributed by atoms with Crippen LogP contribution in [0.2, 0.25) is 0 Å². The second-order valence-corrected chi connectivity index (χ2v) is 6.35. The lowest BCUT2D eigenvalue weighted by molar-refractivity contribution is -0.0593. The first-order valence-electron chi connectivity index (χ1n) is 7.48. The number of nitrogens with zero attached hydrogens (tertiary/aromatic N) is 2. The van der Waals surface area contributed by atoms with E-state index in [9.17, 15) is 5.26 Å². The van der Waals surface area contributed by atoms with Gasteiger partial charge in [0.05, 0.1) is 22.6 Å². The van der Waals surface area contributed by atoms with Crippen LogP contribution in [0.4, 0.5) is 5.82 Å². The van der Waals surface area contributed by atoms with E-state index in [4.69, 9.17) is 10.5 Å². The SMILES string of the molecule is CC1(C)C[C@@H](c2cc(-c3ccc[nH]3)nc(N)c2C#N)CCO1. The molecule has 3 rings (SSSR count). The summed E-state index contributed by atoms with van der Waals surface area (Å²) in [7, 11) is 0. The summed E-state index contributed by atoms with van der Waals surface area (Å²) in [5.74, 6) is 0.561. The lowest BCUT2D eigenvalue weighted by atomic mass is 9.81. The second kappa shape index (κ2) is 5.47. The van der Waals surface area contributed by atoms with Gasteiger partial charge < -0.3 is 15.5 Å². The number of aromatic nitrogens is 2. The van der Waals surface area contributed by atoms with Crippen molar-refractivity contribution in [1.82, 2.24) is 9.97 Å². The molecule has 0 radical (unpaired) electrons. The summed E-state index contributed by atoms with van der Waals surface area (Å²) in [6.45, 7) is 4.87. The van der Waals surface area contributed by atoms with Crippen LogP contribution in [-0.4, -0.2) is 22.2 Å². The zero-order valence-corrected chi connectivity index (χ0v) is 12.9. The number of H-pyrrole nitrogens is 1. The van der Waals surface area contributed by atoms with Gasteiger partial charge >= 0.3 is 0 Å². The summed E-state index contributed by atoms with van der Waals surface area (Å²) in [5.41, 5.74) is 9.02. The quantitative estimate of drug-likeness (QED) is 0.890. The van der Waals surface area contributed by atoms with Gasteiger partial charge in [-0.2, -0.15) is 5.26 Å². The molecule has 5 heteroatoms. The Labute approximate surface area is 130 Å². The van der Waals surface area contributed by atoms with Gasteiger partial charge in [0.25, 0.3) is 0 Å². The van der Waals surface area contributed by atoms with Crippen LogP contribution in [0.15, 0.2) is 24.4 Å². The molecule has 1 atom stereocenters. The van der Waals surface area contributed by atoms with Gasteiger partial charge in [0.15, 0.2) is 0 Å². The third kappa shape index (κ3) is 2.70. The Bertz CT molecular complexity index is 713. The number of ether oxygens (including phenoxy) is 1. The Hall–Kier alpha value is -2.32. The van der Waals surface area contributed by atoms with Crippen LogP contribution in [0, 0.1) is 11.3 Å². The zero-order valence-electron chi connectivity index (χ0n) is 12.9. The Morgan fingerprint density at radius 1 is 1.50 bits per heavy atom. The van der Waals surface area contributed by atoms with Crippen LogP contribution in [0.1, 0.15) is 43.7 Å². The molecule has 2 aromatic rings. The summed E-state index contributed by atoms with van der Waals surface area (Å²) in [6, 6.07) is 8.08. The number of nitrogens with one attached hydrogen (secondary N) is 1. The molecular weight excluding hydrogens is 276 g/mol. The molecule has 114 valence electrons. The van der Waals surface area contributed by atoms with Crippen LogP contribution >= 0.6 is 0 Å². The highest BCUT2D eigenvalue weighted by Gasteiger charge is 2.31. The van der Waals surface area contributed by atoms with Crippen LogP contribution in [0.5, 0.6) is 0 Å². The molecular formula is C17H20N4O. The Morgan fingerprint density at radius 2 is 2.32 bits per heavy atom. The molecule has 22 heavy (non-hydrogen) atoms. The molecule has 0 spiro atoms. The molecule has 0 saturated carbocycles. The van der Waals surface area contributed by atoms with Crippen molar-refractivity contribution in [1.29, 1.82) is 5.26 Å². The molecule has 1 fully saturated rings. The van der Waals surface area contributed by atoms with Gasteiger partial charge in [0.2, 0.25) is 0 Å². The van der Waals surface area contributed by atoms with Crippen molar-refractivity contribution in [2.45, 2.75) is 38.2 Å². The average Bonchev–Trinajstić information content (AvgIpc) is 2.99. The normalized spacial score (nSPS) is 20.5. The third-order valence-corrected chi connectivity index (χ3v) is 4.20. The molecule has 1 aliphatic heterocycles. The molecule has 3 heterocycles. The molecule has 0 aliphatic carbocycles. The first kappa shape index (κ1) is 14.6. The number of anilines is 1. The fourth-order valence-electron chi connectivity index (χ4n) is 3.15. The Balaban J connectivity index is 2.07. The van der Waals surface area contributed by atoms with Gasteiger partial charge in [-0.25, -0.2) is 4.98 Å². The van der Waals surface area contributed by atoms with E-state index in [0.29, 0.717) is 18.0 Å². The maximum Gasteiger partial charge on any atom is 0.142 e. The second-order valence-electron chi connectivity index (χ2n) is 6.35. The third-order valence-electron chi connectivity index (χ3n) is 4.20. The van der Waals surface area contributed by atoms with Gasteiger partial charge in [0.1, 0.15) is 11.9 Å². The van der Waals surface area contributed by atoms with Gasteiger partial charge in [-0.3, -0.25) is 0 Å². The Kier molecular flexibility index (Phi) is 3.63. The van der Waals surface area contributed by atoms with E-state index in [2.05, 4.69) is 29.9 Å². The van der Waals surface area contributed by atoms with Crippen molar-refractivity contribution in [3.8, 4) is 17.5 Å². The fraction of sp³-hybridized carbons (Fsp3) is 0.412. The van der Waals surface area contributed by atoms with Crippen LogP contribution < -0.4 is 5.73 Å². The zero-order chi connectivity index (χ0) is 15.7. The van der Waals surface area contributed by atoms with Crippen molar-refractivity contribution in [3.63, 3.8) is 0 Å². The summed E-state index contributed by atoms with van der Waals surface area (Å²) in [4.78, 5) is 7.51. The summed E-state index contributed by atoms with van der Waals surface area (Å²) < 4.78 is 5.79. The number of hydrogen-bond donors (Lipinski definition) is 2. The molecule has 0 bridgehead atoms. The highest BCUT2D eigenvalue weighted by atomic mass is 16.5. The number of aromatic amines is 1. The highest BCUT2D eigenvalue weighted by Crippen LogP contribution is 2.39. The smallest absolute Gasteiger partial charge is 0.142 e. The van der Waals surface area contributed by atoms with E-state index >= 15 is 0 Å². The van der Waals surface area contributed by atoms with Crippen molar-refractivity contribution in [2.75, 3.05) is 12.3 Å². The predicted molar refractivity (Wildman–Crippen MR) is 85.2 cm³/mol. The van der Waals surface area contributed by atoms with Crippen molar-refractivity contribution in [2.24, 2.45) is 0 Å². The number of pyridine rings is 1. The van der Waals surface area contributed by atoms with Gasteiger partial charge in [-0.15, -0.1) is 0 Å². The summed E-state index contributed by atoms with van der Waals surface area (Å²) in [5, 5.41) is 9.47. The first-order chi connectivity index (χ1) is 10.5. The number of nitrogen functional groups attached to an aromatic ring is 1. The van der Waals surface area contributed by atoms with Crippen LogP contribution in [0.3, 0.4) is 0 Å². The largest absolute Gasteiger partial charge is 0.383 e. The molecule has 0 amide bonds. The maximum absolute atomic E-state index is 9.47. The number of nitrogens with two attached hydrogens (primary N) is 1. The monoisotopic (exact) mass is 296 g/mol. The topological polar surface area (TPSA) is 87.7 Å². The van der Waals surface area contributed by atoms with Gasteiger partial charge in [-0.05, 0) is 56.4 Å². The maximum atomic E-state index is 9.47. The van der Waals surface area contributed by atoms with Crippen molar-refractivity contribution in [3.05, 3.63) is 35.5 Å². The lowest BCUT2D eigenvalue weighted by Gasteiger charge is -2.36. The van der Waals surface area contributed by atoms with Crippen molar-refractivity contribution >= 4 is 5.82 Å². The fourth-order valence-corrected chi connectivity index (χ4v) is 3.15. The van der Waals surface area contributed by atoms with E-state index in [1.54, 1.807) is 0 Å². The minimum absolute atomic E-state index is 0.180. The summed E-state index contributed by atoms with van der Waals surface area (Å²) in [6.07, 6.45) is 3.61. The standard InChI is InChI=1S/C17H20N4O/c1-17(2)9-11(5-7-22-17)12-8-15(14-4-3-6-20-14)21-16(19)13(12)10-18/h3-4,6,8,11,20H,5,7,9H2,1-2H3,(H2,19,21)/t11-/m0/s1. The van der Waals surface area contributed by atoms with E-state index in [0.717, 1.165) is 29.8 Å². The molecule has 0 aromatic carbocycles. The van der Waals surface area contributed by atoms with E-state index in [1.807, 2.05) is 24.4 Å². The number of rotatable bonds is 2. The lowest BCUT2D eigenvalue weighted by Crippen LogP contribution is -2.33. The summed E-state index contributed by atoms with van der Waals surface area (Å²) >= 11 is 0. The van der Waals surface area contributed by atoms with Crippen LogP contribution in [-0.2, 0) is 4.74 Å². The molecule has 3 N–H and O–H groups in total. The molecule has 5 nitrogen and oxygen atoms in total. The minimum atomic E-state index is -0.180. The number of hydrogen-bond acceptors (Lipinski definition) is 4. The predicted octanol–water partition coefficient (Wildman–Crippen LogP) is 3.20. The minimum Gasteiger partial charge on any atom is -0.383 e. The Morgan fingerprint density at radius 3 is 2.95 bits per heavy atom. The number of nitriles is 1. The highest BCUT2D eigenvalue weighted by molar-refractivity contribution is 5.64. The van der Waals surface area contributed by atoms with E-state index in [-0.39, 0.29) is 11.5 Å². The molecule has 0 unspecified atom stereocenters. The van der Waals surface area contributed by atoms with Gasteiger partial charge in [-0.1, -0.05) is 0 Å².